The van der Waals surface area contributed by atoms with Crippen LogP contribution in [0.3, 0.4) is 0 Å². The molecule has 0 aliphatic heterocycles. The molecule has 182 valence electrons. The summed E-state index contributed by atoms with van der Waals surface area (Å²) >= 11 is 0. The molecule has 0 unspecified atom stereocenters. The highest BCUT2D eigenvalue weighted by Gasteiger charge is 2.45. The number of hydrogen-bond acceptors (Lipinski definition) is 4. The lowest BCUT2D eigenvalue weighted by Crippen LogP contribution is -2.28. The Morgan fingerprint density at radius 1 is 0.568 bits per heavy atom. The van der Waals surface area contributed by atoms with Crippen molar-refractivity contribution in [2.24, 2.45) is 0 Å². The highest BCUT2D eigenvalue weighted by atomic mass is 16.5. The predicted octanol–water partition coefficient (Wildman–Crippen LogP) is 7.01. The Labute approximate surface area is 216 Å². The SMILES string of the molecule is CC=CC(=O)Oc1ccc(C2(c3ccc(OC(=O)C=CC)cc3)c3ccccc3-c3ccccc32)cc1. The normalized spacial score (nSPS) is 13.4. The lowest BCUT2D eigenvalue weighted by atomic mass is 9.68. The van der Waals surface area contributed by atoms with Crippen LogP contribution < -0.4 is 9.47 Å². The van der Waals surface area contributed by atoms with E-state index >= 15 is 0 Å². The molecule has 0 saturated carbocycles. The molecule has 0 saturated heterocycles. The molecule has 5 rings (SSSR count). The second-order valence-electron chi connectivity index (χ2n) is 8.73. The van der Waals surface area contributed by atoms with Crippen LogP contribution in [0.2, 0.25) is 0 Å². The fourth-order valence-corrected chi connectivity index (χ4v) is 5.14. The van der Waals surface area contributed by atoms with Gasteiger partial charge in [0.15, 0.2) is 0 Å². The van der Waals surface area contributed by atoms with Crippen LogP contribution in [0.1, 0.15) is 36.1 Å². The lowest BCUT2D eigenvalue weighted by Gasteiger charge is -2.34. The average molecular weight is 487 g/mol. The van der Waals surface area contributed by atoms with E-state index in [-0.39, 0.29) is 0 Å². The van der Waals surface area contributed by atoms with Crippen LogP contribution in [0.4, 0.5) is 0 Å². The second-order valence-corrected chi connectivity index (χ2v) is 8.73. The van der Waals surface area contributed by atoms with Crippen molar-refractivity contribution in [2.45, 2.75) is 19.3 Å². The van der Waals surface area contributed by atoms with Crippen LogP contribution in [0.5, 0.6) is 11.5 Å². The van der Waals surface area contributed by atoms with Crippen LogP contribution in [0.15, 0.2) is 121 Å². The van der Waals surface area contributed by atoms with Gasteiger partial charge < -0.3 is 9.47 Å². The summed E-state index contributed by atoms with van der Waals surface area (Å²) in [6, 6.07) is 32.2. The minimum Gasteiger partial charge on any atom is -0.423 e. The average Bonchev–Trinajstić information content (AvgIpc) is 3.21. The summed E-state index contributed by atoms with van der Waals surface area (Å²) < 4.78 is 10.9. The first-order valence-corrected chi connectivity index (χ1v) is 12.2. The molecule has 0 N–H and O–H groups in total. The molecule has 1 aliphatic rings. The van der Waals surface area contributed by atoms with Crippen LogP contribution in [-0.2, 0) is 15.0 Å². The van der Waals surface area contributed by atoms with Crippen molar-refractivity contribution in [2.75, 3.05) is 0 Å². The van der Waals surface area contributed by atoms with Crippen molar-refractivity contribution in [1.82, 2.24) is 0 Å². The van der Waals surface area contributed by atoms with E-state index in [0.717, 1.165) is 22.3 Å². The smallest absolute Gasteiger partial charge is 0.335 e. The monoisotopic (exact) mass is 486 g/mol. The van der Waals surface area contributed by atoms with Crippen LogP contribution in [0, 0.1) is 0 Å². The third-order valence-electron chi connectivity index (χ3n) is 6.57. The van der Waals surface area contributed by atoms with Gasteiger partial charge in [0, 0.05) is 12.2 Å². The number of rotatable bonds is 6. The van der Waals surface area contributed by atoms with Gasteiger partial charge in [-0.25, -0.2) is 9.59 Å². The number of benzene rings is 4. The number of allylic oxidation sites excluding steroid dienone is 2. The van der Waals surface area contributed by atoms with E-state index in [9.17, 15) is 9.59 Å². The van der Waals surface area contributed by atoms with Crippen molar-refractivity contribution in [3.63, 3.8) is 0 Å². The molecule has 4 aromatic rings. The largest absolute Gasteiger partial charge is 0.423 e. The first-order chi connectivity index (χ1) is 18.1. The third-order valence-corrected chi connectivity index (χ3v) is 6.57. The fraction of sp³-hybridized carbons (Fsp3) is 0.0909. The first kappa shape index (κ1) is 24.0. The molecule has 0 amide bonds. The molecule has 4 aromatic carbocycles. The maximum atomic E-state index is 12.0. The van der Waals surface area contributed by atoms with Gasteiger partial charge in [0.25, 0.3) is 0 Å². The molecule has 4 nitrogen and oxygen atoms in total. The molecular weight excluding hydrogens is 460 g/mol. The maximum absolute atomic E-state index is 12.0. The minimum atomic E-state index is -0.606. The number of esters is 2. The van der Waals surface area contributed by atoms with Gasteiger partial charge in [0.2, 0.25) is 0 Å². The second kappa shape index (κ2) is 10.1. The van der Waals surface area contributed by atoms with E-state index < -0.39 is 17.4 Å². The molecule has 0 atom stereocenters. The Bertz CT molecular complexity index is 1390. The third kappa shape index (κ3) is 4.27. The summed E-state index contributed by atoms with van der Waals surface area (Å²) in [5, 5.41) is 0. The van der Waals surface area contributed by atoms with Crippen molar-refractivity contribution >= 4 is 11.9 Å². The van der Waals surface area contributed by atoms with Crippen molar-refractivity contribution in [3.05, 3.63) is 144 Å². The van der Waals surface area contributed by atoms with Gasteiger partial charge in [-0.2, -0.15) is 0 Å². The minimum absolute atomic E-state index is 0.412. The Kier molecular flexibility index (Phi) is 6.57. The molecule has 0 bridgehead atoms. The van der Waals surface area contributed by atoms with Gasteiger partial charge in [-0.3, -0.25) is 0 Å². The van der Waals surface area contributed by atoms with Crippen molar-refractivity contribution in [3.8, 4) is 22.6 Å². The maximum Gasteiger partial charge on any atom is 0.335 e. The van der Waals surface area contributed by atoms with Crippen LogP contribution in [-0.4, -0.2) is 11.9 Å². The number of ether oxygens (including phenoxy) is 2. The van der Waals surface area contributed by atoms with Gasteiger partial charge in [-0.05, 0) is 71.5 Å². The summed E-state index contributed by atoms with van der Waals surface area (Å²) in [4.78, 5) is 23.9. The number of carbonyl (C=O) groups is 2. The molecule has 0 fully saturated rings. The Morgan fingerprint density at radius 3 is 1.32 bits per heavy atom. The zero-order chi connectivity index (χ0) is 25.8. The van der Waals surface area contributed by atoms with Gasteiger partial charge in [0.1, 0.15) is 11.5 Å². The molecule has 1 aliphatic carbocycles. The Hall–Kier alpha value is -4.70. The molecule has 0 spiro atoms. The summed E-state index contributed by atoms with van der Waals surface area (Å²) in [5.74, 6) is 0.134. The fourth-order valence-electron chi connectivity index (χ4n) is 5.14. The molecule has 37 heavy (non-hydrogen) atoms. The Balaban J connectivity index is 1.67. The van der Waals surface area contributed by atoms with E-state index in [4.69, 9.17) is 9.47 Å². The quantitative estimate of drug-likeness (QED) is 0.147. The van der Waals surface area contributed by atoms with Crippen molar-refractivity contribution < 1.29 is 19.1 Å². The van der Waals surface area contributed by atoms with E-state index in [2.05, 4.69) is 48.5 Å². The topological polar surface area (TPSA) is 52.6 Å². The van der Waals surface area contributed by atoms with Crippen LogP contribution >= 0.6 is 0 Å². The predicted molar refractivity (Wildman–Crippen MR) is 145 cm³/mol. The zero-order valence-electron chi connectivity index (χ0n) is 20.7. The lowest BCUT2D eigenvalue weighted by molar-refractivity contribution is -0.129. The van der Waals surface area contributed by atoms with E-state index in [0.29, 0.717) is 11.5 Å². The summed E-state index contributed by atoms with van der Waals surface area (Å²) in [6.07, 6.45) is 6.09. The standard InChI is InChI=1S/C33H26O4/c1-3-9-31(34)36-25-19-15-23(16-20-25)33(24-17-21-26(22-18-24)37-32(35)10-4-2)29-13-7-5-11-27(29)28-12-6-8-14-30(28)33/h3-22H,1-2H3. The van der Waals surface area contributed by atoms with E-state index in [1.165, 1.54) is 23.3 Å². The number of carbonyl (C=O) groups excluding carboxylic acids is 2. The summed E-state index contributed by atoms with van der Waals surface area (Å²) in [5.41, 5.74) is 6.13. The number of fused-ring (bicyclic) bond motifs is 3. The van der Waals surface area contributed by atoms with E-state index in [1.807, 2.05) is 48.5 Å². The first-order valence-electron chi connectivity index (χ1n) is 12.2. The van der Waals surface area contributed by atoms with Gasteiger partial charge in [-0.15, -0.1) is 0 Å². The number of hydrogen-bond donors (Lipinski definition) is 0. The Morgan fingerprint density at radius 2 is 0.946 bits per heavy atom. The molecule has 4 heteroatoms. The highest BCUT2D eigenvalue weighted by molar-refractivity contribution is 5.87. The summed E-state index contributed by atoms with van der Waals surface area (Å²) in [6.45, 7) is 3.55. The zero-order valence-corrected chi connectivity index (χ0v) is 20.7. The molecule has 0 aromatic heterocycles. The van der Waals surface area contributed by atoms with Gasteiger partial charge in [0.05, 0.1) is 5.41 Å². The molecular formula is C33H26O4. The van der Waals surface area contributed by atoms with Gasteiger partial charge >= 0.3 is 11.9 Å². The van der Waals surface area contributed by atoms with Crippen LogP contribution in [0.25, 0.3) is 11.1 Å². The van der Waals surface area contributed by atoms with E-state index in [1.54, 1.807) is 26.0 Å². The molecule has 0 heterocycles. The van der Waals surface area contributed by atoms with Crippen molar-refractivity contribution in [1.29, 1.82) is 0 Å². The van der Waals surface area contributed by atoms with Gasteiger partial charge in [-0.1, -0.05) is 84.9 Å². The highest BCUT2D eigenvalue weighted by Crippen LogP contribution is 2.56. The summed E-state index contributed by atoms with van der Waals surface area (Å²) in [7, 11) is 0. The molecule has 0 radical (unpaired) electrons.